The number of halogens is 1. The number of sulfonamides is 1. The minimum Gasteiger partial charge on any atom is -0.326 e. The van der Waals surface area contributed by atoms with Crippen molar-refractivity contribution in [1.82, 2.24) is 9.21 Å². The van der Waals surface area contributed by atoms with Gasteiger partial charge in [0.2, 0.25) is 15.9 Å². The lowest BCUT2D eigenvalue weighted by molar-refractivity contribution is -0.116. The lowest BCUT2D eigenvalue weighted by atomic mass is 10.3. The van der Waals surface area contributed by atoms with Crippen LogP contribution in [0.1, 0.15) is 6.42 Å². The second kappa shape index (κ2) is 8.84. The highest BCUT2D eigenvalue weighted by Gasteiger charge is 2.29. The van der Waals surface area contributed by atoms with Crippen molar-refractivity contribution in [2.75, 3.05) is 38.0 Å². The van der Waals surface area contributed by atoms with Gasteiger partial charge in [0.05, 0.1) is 5.02 Å². The topological polar surface area (TPSA) is 69.7 Å². The minimum absolute atomic E-state index is 0.0488. The molecule has 8 heteroatoms. The SMILES string of the molecule is O=C(CCN1CCN(S(=O)(=O)c2ccccc2Cl)CC1)Nc1ccccc1. The van der Waals surface area contributed by atoms with Gasteiger partial charge in [0.25, 0.3) is 0 Å². The molecule has 6 nitrogen and oxygen atoms in total. The van der Waals surface area contributed by atoms with Gasteiger partial charge in [-0.1, -0.05) is 41.9 Å². The van der Waals surface area contributed by atoms with Crippen LogP contribution >= 0.6 is 11.6 Å². The lowest BCUT2D eigenvalue weighted by Crippen LogP contribution is -2.49. The monoisotopic (exact) mass is 407 g/mol. The van der Waals surface area contributed by atoms with Crippen LogP contribution in [0.2, 0.25) is 5.02 Å². The highest BCUT2D eigenvalue weighted by molar-refractivity contribution is 7.89. The number of hydrogen-bond donors (Lipinski definition) is 1. The van der Waals surface area contributed by atoms with Crippen molar-refractivity contribution >= 4 is 33.2 Å². The Balaban J connectivity index is 1.49. The summed E-state index contributed by atoms with van der Waals surface area (Å²) < 4.78 is 26.9. The van der Waals surface area contributed by atoms with Gasteiger partial charge in [-0.25, -0.2) is 8.42 Å². The summed E-state index contributed by atoms with van der Waals surface area (Å²) in [5, 5.41) is 3.09. The maximum Gasteiger partial charge on any atom is 0.244 e. The van der Waals surface area contributed by atoms with Gasteiger partial charge in [-0.05, 0) is 24.3 Å². The van der Waals surface area contributed by atoms with Crippen LogP contribution in [0.15, 0.2) is 59.5 Å². The molecule has 1 aliphatic rings. The predicted octanol–water partition coefficient (Wildman–Crippen LogP) is 2.68. The molecule has 1 amide bonds. The molecular weight excluding hydrogens is 386 g/mol. The summed E-state index contributed by atoms with van der Waals surface area (Å²) in [5.41, 5.74) is 0.776. The predicted molar refractivity (Wildman–Crippen MR) is 106 cm³/mol. The minimum atomic E-state index is -3.59. The molecule has 0 aliphatic carbocycles. The van der Waals surface area contributed by atoms with Gasteiger partial charge in [0.1, 0.15) is 4.90 Å². The Morgan fingerprint density at radius 1 is 0.963 bits per heavy atom. The van der Waals surface area contributed by atoms with Gasteiger partial charge in [-0.3, -0.25) is 4.79 Å². The molecule has 0 radical (unpaired) electrons. The number of anilines is 1. The molecule has 3 rings (SSSR count). The molecule has 2 aromatic rings. The molecule has 1 N–H and O–H groups in total. The molecule has 1 saturated heterocycles. The normalized spacial score (nSPS) is 16.2. The highest BCUT2D eigenvalue weighted by atomic mass is 35.5. The molecule has 0 atom stereocenters. The first kappa shape index (κ1) is 19.8. The summed E-state index contributed by atoms with van der Waals surface area (Å²) in [6.07, 6.45) is 0.367. The molecule has 27 heavy (non-hydrogen) atoms. The van der Waals surface area contributed by atoms with Crippen LogP contribution in [0, 0.1) is 0 Å². The maximum absolute atomic E-state index is 12.7. The van der Waals surface area contributed by atoms with Crippen molar-refractivity contribution < 1.29 is 13.2 Å². The van der Waals surface area contributed by atoms with Gasteiger partial charge in [-0.15, -0.1) is 0 Å². The molecule has 1 heterocycles. The number of para-hydroxylation sites is 1. The number of piperazine rings is 1. The van der Waals surface area contributed by atoms with Crippen LogP contribution in [-0.2, 0) is 14.8 Å². The summed E-state index contributed by atoms with van der Waals surface area (Å²) in [6.45, 7) is 2.53. The molecule has 1 aliphatic heterocycles. The Morgan fingerprint density at radius 3 is 2.26 bits per heavy atom. The molecule has 2 aromatic carbocycles. The number of nitrogens with zero attached hydrogens (tertiary/aromatic N) is 2. The van der Waals surface area contributed by atoms with Crippen LogP contribution in [0.25, 0.3) is 0 Å². The number of hydrogen-bond acceptors (Lipinski definition) is 4. The fraction of sp³-hybridized carbons (Fsp3) is 0.316. The fourth-order valence-electron chi connectivity index (χ4n) is 2.99. The Hall–Kier alpha value is -1.93. The smallest absolute Gasteiger partial charge is 0.244 e. The zero-order chi connectivity index (χ0) is 19.3. The Labute approximate surface area is 164 Å². The molecule has 0 aromatic heterocycles. The van der Waals surface area contributed by atoms with E-state index in [9.17, 15) is 13.2 Å². The van der Waals surface area contributed by atoms with Crippen molar-refractivity contribution in [3.05, 3.63) is 59.6 Å². The van der Waals surface area contributed by atoms with E-state index in [1.54, 1.807) is 18.2 Å². The third-order valence-electron chi connectivity index (χ3n) is 4.50. The summed E-state index contributed by atoms with van der Waals surface area (Å²) >= 11 is 6.05. The second-order valence-corrected chi connectivity index (χ2v) is 8.65. The van der Waals surface area contributed by atoms with E-state index in [2.05, 4.69) is 10.2 Å². The quantitative estimate of drug-likeness (QED) is 0.799. The van der Waals surface area contributed by atoms with Gasteiger partial charge in [-0.2, -0.15) is 4.31 Å². The zero-order valence-electron chi connectivity index (χ0n) is 14.8. The fourth-order valence-corrected chi connectivity index (χ4v) is 4.91. The van der Waals surface area contributed by atoms with Crippen LogP contribution in [0.5, 0.6) is 0 Å². The molecule has 0 unspecified atom stereocenters. The third-order valence-corrected chi connectivity index (χ3v) is 6.90. The molecule has 0 bridgehead atoms. The van der Waals surface area contributed by atoms with Crippen molar-refractivity contribution in [2.24, 2.45) is 0 Å². The number of carbonyl (C=O) groups is 1. The molecular formula is C19H22ClN3O3S. The Kier molecular flexibility index (Phi) is 6.49. The number of carbonyl (C=O) groups excluding carboxylic acids is 1. The van der Waals surface area contributed by atoms with E-state index in [0.29, 0.717) is 39.1 Å². The molecule has 0 saturated carbocycles. The number of benzene rings is 2. The van der Waals surface area contributed by atoms with E-state index in [1.807, 2.05) is 30.3 Å². The number of rotatable bonds is 6. The van der Waals surface area contributed by atoms with Crippen LogP contribution < -0.4 is 5.32 Å². The lowest BCUT2D eigenvalue weighted by Gasteiger charge is -2.34. The summed E-state index contributed by atoms with van der Waals surface area (Å²) in [6, 6.07) is 15.8. The standard InChI is InChI=1S/C19H22ClN3O3S/c20-17-8-4-5-9-18(17)27(25,26)23-14-12-22(13-15-23)11-10-19(24)21-16-6-2-1-3-7-16/h1-9H,10-15H2,(H,21,24). The molecule has 144 valence electrons. The average molecular weight is 408 g/mol. The van der Waals surface area contributed by atoms with E-state index in [-0.39, 0.29) is 15.8 Å². The van der Waals surface area contributed by atoms with Gasteiger partial charge in [0, 0.05) is 44.8 Å². The van der Waals surface area contributed by atoms with Crippen molar-refractivity contribution in [2.45, 2.75) is 11.3 Å². The second-order valence-electron chi connectivity index (χ2n) is 6.34. The highest BCUT2D eigenvalue weighted by Crippen LogP contribution is 2.25. The van der Waals surface area contributed by atoms with Crippen LogP contribution in [0.4, 0.5) is 5.69 Å². The summed E-state index contributed by atoms with van der Waals surface area (Å²) in [5.74, 6) is -0.0488. The number of nitrogens with one attached hydrogen (secondary N) is 1. The summed E-state index contributed by atoms with van der Waals surface area (Å²) in [7, 11) is -3.59. The summed E-state index contributed by atoms with van der Waals surface area (Å²) in [4.78, 5) is 14.3. The Morgan fingerprint density at radius 2 is 1.59 bits per heavy atom. The first-order valence-electron chi connectivity index (χ1n) is 8.79. The van der Waals surface area contributed by atoms with Crippen LogP contribution in [-0.4, -0.2) is 56.3 Å². The van der Waals surface area contributed by atoms with E-state index < -0.39 is 10.0 Å². The maximum atomic E-state index is 12.7. The zero-order valence-corrected chi connectivity index (χ0v) is 16.4. The molecule has 0 spiro atoms. The first-order chi connectivity index (χ1) is 13.0. The van der Waals surface area contributed by atoms with E-state index in [1.165, 1.54) is 10.4 Å². The van der Waals surface area contributed by atoms with E-state index >= 15 is 0 Å². The molecule has 1 fully saturated rings. The van der Waals surface area contributed by atoms with Crippen molar-refractivity contribution in [3.8, 4) is 0 Å². The largest absolute Gasteiger partial charge is 0.326 e. The van der Waals surface area contributed by atoms with Gasteiger partial charge >= 0.3 is 0 Å². The van der Waals surface area contributed by atoms with E-state index in [0.717, 1.165) is 5.69 Å². The average Bonchev–Trinajstić information content (AvgIpc) is 2.68. The number of amides is 1. The van der Waals surface area contributed by atoms with Crippen molar-refractivity contribution in [3.63, 3.8) is 0 Å². The van der Waals surface area contributed by atoms with E-state index in [4.69, 9.17) is 11.6 Å². The van der Waals surface area contributed by atoms with Gasteiger partial charge < -0.3 is 10.2 Å². The Bertz CT molecular complexity index is 882. The van der Waals surface area contributed by atoms with Crippen LogP contribution in [0.3, 0.4) is 0 Å². The van der Waals surface area contributed by atoms with Gasteiger partial charge in [0.15, 0.2) is 0 Å². The van der Waals surface area contributed by atoms with Crippen molar-refractivity contribution in [1.29, 1.82) is 0 Å². The first-order valence-corrected chi connectivity index (χ1v) is 10.6. The third kappa shape index (κ3) is 5.07.